The Bertz CT molecular complexity index is 316. The molecule has 0 aliphatic rings. The molecule has 2 heteroatoms. The van der Waals surface area contributed by atoms with Gasteiger partial charge in [-0.3, -0.25) is 0 Å². The lowest BCUT2D eigenvalue weighted by Gasteiger charge is -2.14. The first kappa shape index (κ1) is 14.6. The third-order valence-electron chi connectivity index (χ3n) is 2.73. The predicted octanol–water partition coefficient (Wildman–Crippen LogP) is 4.83. The molecule has 1 rings (SSSR count). The fourth-order valence-corrected chi connectivity index (χ4v) is 1.87. The number of ether oxygens (including phenoxy) is 1. The van der Waals surface area contributed by atoms with Gasteiger partial charge in [0.2, 0.25) is 0 Å². The maximum Gasteiger partial charge on any atom is 0.119 e. The molecule has 1 aromatic rings. The molecule has 0 aliphatic carbocycles. The van der Waals surface area contributed by atoms with Gasteiger partial charge < -0.3 is 4.74 Å². The summed E-state index contributed by atoms with van der Waals surface area (Å²) in [6.07, 6.45) is 2.55. The minimum atomic E-state index is 0.244. The van der Waals surface area contributed by atoms with Crippen LogP contribution in [-0.4, -0.2) is 10.9 Å². The molecule has 1 unspecified atom stereocenters. The topological polar surface area (TPSA) is 9.23 Å². The molecule has 1 nitrogen and oxygen atoms in total. The van der Waals surface area contributed by atoms with Crippen LogP contribution in [-0.2, 0) is 6.42 Å². The number of alkyl halides is 1. The molecule has 0 N–H and O–H groups in total. The molecule has 0 spiro atoms. The van der Waals surface area contributed by atoms with E-state index in [0.29, 0.717) is 10.7 Å². The van der Waals surface area contributed by atoms with E-state index in [1.165, 1.54) is 12.0 Å². The van der Waals surface area contributed by atoms with Gasteiger partial charge in [-0.25, -0.2) is 0 Å². The van der Waals surface area contributed by atoms with Crippen LogP contribution in [0.4, 0.5) is 0 Å². The third kappa shape index (κ3) is 5.58. The van der Waals surface area contributed by atoms with E-state index in [4.69, 9.17) is 4.74 Å². The van der Waals surface area contributed by atoms with E-state index in [9.17, 15) is 0 Å². The third-order valence-corrected chi connectivity index (χ3v) is 4.24. The van der Waals surface area contributed by atoms with Gasteiger partial charge in [-0.05, 0) is 50.3 Å². The van der Waals surface area contributed by atoms with Crippen LogP contribution < -0.4 is 4.74 Å². The first-order valence-electron chi connectivity index (χ1n) is 6.38. The number of rotatable bonds is 6. The second kappa shape index (κ2) is 7.05. The number of halogens is 1. The average Bonchev–Trinajstić information content (AvgIpc) is 2.26. The first-order chi connectivity index (χ1) is 7.99. The van der Waals surface area contributed by atoms with Crippen LogP contribution in [0, 0.1) is 5.92 Å². The monoisotopic (exact) mass is 298 g/mol. The molecule has 0 aliphatic heterocycles. The van der Waals surface area contributed by atoms with E-state index < -0.39 is 0 Å². The standard InChI is InChI=1S/C15H23BrO/c1-11(2)15(16)10-7-13-5-8-14(9-6-13)17-12(3)4/h5-6,8-9,11-12,15H,7,10H2,1-4H3. The van der Waals surface area contributed by atoms with Gasteiger partial charge >= 0.3 is 0 Å². The van der Waals surface area contributed by atoms with Gasteiger partial charge in [0.25, 0.3) is 0 Å². The predicted molar refractivity (Wildman–Crippen MR) is 78.1 cm³/mol. The SMILES string of the molecule is CC(C)Oc1ccc(CCC(Br)C(C)C)cc1. The summed E-state index contributed by atoms with van der Waals surface area (Å²) in [5.74, 6) is 1.65. The Morgan fingerprint density at radius 2 is 1.65 bits per heavy atom. The van der Waals surface area contributed by atoms with Gasteiger partial charge in [0.05, 0.1) is 6.10 Å². The number of benzene rings is 1. The largest absolute Gasteiger partial charge is 0.491 e. The molecule has 1 aromatic carbocycles. The Morgan fingerprint density at radius 1 is 1.06 bits per heavy atom. The normalized spacial score (nSPS) is 13.1. The maximum atomic E-state index is 5.62. The number of hydrogen-bond donors (Lipinski definition) is 0. The Morgan fingerprint density at radius 3 is 2.12 bits per heavy atom. The van der Waals surface area contributed by atoms with Gasteiger partial charge in [-0.1, -0.05) is 41.9 Å². The van der Waals surface area contributed by atoms with Crippen molar-refractivity contribution in [3.05, 3.63) is 29.8 Å². The molecule has 1 atom stereocenters. The van der Waals surface area contributed by atoms with Crippen LogP contribution in [0.1, 0.15) is 39.7 Å². The van der Waals surface area contributed by atoms with Crippen molar-refractivity contribution < 1.29 is 4.74 Å². The van der Waals surface area contributed by atoms with Gasteiger partial charge in [0, 0.05) is 4.83 Å². The van der Waals surface area contributed by atoms with Crippen LogP contribution in [0.2, 0.25) is 0 Å². The molecule has 0 saturated carbocycles. The van der Waals surface area contributed by atoms with E-state index >= 15 is 0 Å². The van der Waals surface area contributed by atoms with Gasteiger partial charge in [0.15, 0.2) is 0 Å². The van der Waals surface area contributed by atoms with Crippen molar-refractivity contribution in [2.45, 2.75) is 51.5 Å². The molecule has 0 radical (unpaired) electrons. The summed E-state index contributed by atoms with van der Waals surface area (Å²) in [5.41, 5.74) is 1.38. The second-order valence-electron chi connectivity index (χ2n) is 5.11. The minimum Gasteiger partial charge on any atom is -0.491 e. The lowest BCUT2D eigenvalue weighted by molar-refractivity contribution is 0.242. The van der Waals surface area contributed by atoms with Gasteiger partial charge in [-0.2, -0.15) is 0 Å². The maximum absolute atomic E-state index is 5.62. The second-order valence-corrected chi connectivity index (χ2v) is 6.29. The van der Waals surface area contributed by atoms with E-state index in [1.54, 1.807) is 0 Å². The lowest BCUT2D eigenvalue weighted by Crippen LogP contribution is -2.08. The summed E-state index contributed by atoms with van der Waals surface area (Å²) in [6, 6.07) is 8.46. The van der Waals surface area contributed by atoms with Crippen LogP contribution in [0.5, 0.6) is 5.75 Å². The highest BCUT2D eigenvalue weighted by molar-refractivity contribution is 9.09. The summed E-state index contributed by atoms with van der Waals surface area (Å²) in [6.45, 7) is 8.59. The molecule has 0 amide bonds. The van der Waals surface area contributed by atoms with Crippen molar-refractivity contribution in [3.63, 3.8) is 0 Å². The zero-order valence-corrected chi connectivity index (χ0v) is 12.8. The number of hydrogen-bond acceptors (Lipinski definition) is 1. The Labute approximate surface area is 114 Å². The van der Waals surface area contributed by atoms with Crippen molar-refractivity contribution in [1.82, 2.24) is 0 Å². The molecule has 0 heterocycles. The molecule has 0 bridgehead atoms. The zero-order valence-electron chi connectivity index (χ0n) is 11.2. The van der Waals surface area contributed by atoms with Crippen LogP contribution in [0.25, 0.3) is 0 Å². The molecule has 0 saturated heterocycles. The smallest absolute Gasteiger partial charge is 0.119 e. The summed E-state index contributed by atoms with van der Waals surface area (Å²) < 4.78 is 5.62. The van der Waals surface area contributed by atoms with Crippen molar-refractivity contribution in [3.8, 4) is 5.75 Å². The highest BCUT2D eigenvalue weighted by Gasteiger charge is 2.08. The van der Waals surface area contributed by atoms with Crippen molar-refractivity contribution in [2.24, 2.45) is 5.92 Å². The van der Waals surface area contributed by atoms with Gasteiger partial charge in [-0.15, -0.1) is 0 Å². The lowest BCUT2D eigenvalue weighted by atomic mass is 10.0. The average molecular weight is 299 g/mol. The van der Waals surface area contributed by atoms with E-state index in [1.807, 2.05) is 13.8 Å². The van der Waals surface area contributed by atoms with Crippen LogP contribution in [0.15, 0.2) is 24.3 Å². The molecule has 0 fully saturated rings. The minimum absolute atomic E-state index is 0.244. The van der Waals surface area contributed by atoms with Crippen LogP contribution >= 0.6 is 15.9 Å². The highest BCUT2D eigenvalue weighted by Crippen LogP contribution is 2.20. The highest BCUT2D eigenvalue weighted by atomic mass is 79.9. The summed E-state index contributed by atoms with van der Waals surface area (Å²) in [5, 5.41) is 0. The number of aryl methyl sites for hydroxylation is 1. The first-order valence-corrected chi connectivity index (χ1v) is 7.30. The fourth-order valence-electron chi connectivity index (χ4n) is 1.64. The summed E-state index contributed by atoms with van der Waals surface area (Å²) >= 11 is 3.72. The summed E-state index contributed by atoms with van der Waals surface area (Å²) in [4.78, 5) is 0.606. The van der Waals surface area contributed by atoms with Crippen molar-refractivity contribution in [2.75, 3.05) is 0 Å². The molecule has 0 aromatic heterocycles. The fraction of sp³-hybridized carbons (Fsp3) is 0.600. The quantitative estimate of drug-likeness (QED) is 0.684. The van der Waals surface area contributed by atoms with E-state index in [0.717, 1.165) is 12.2 Å². The van der Waals surface area contributed by atoms with Crippen molar-refractivity contribution >= 4 is 15.9 Å². The Balaban J connectivity index is 2.45. The molecular weight excluding hydrogens is 276 g/mol. The molecule has 17 heavy (non-hydrogen) atoms. The Hall–Kier alpha value is -0.500. The zero-order chi connectivity index (χ0) is 12.8. The van der Waals surface area contributed by atoms with E-state index in [2.05, 4.69) is 54.0 Å². The van der Waals surface area contributed by atoms with Crippen molar-refractivity contribution in [1.29, 1.82) is 0 Å². The Kier molecular flexibility index (Phi) is 6.04. The summed E-state index contributed by atoms with van der Waals surface area (Å²) in [7, 11) is 0. The molecule has 96 valence electrons. The van der Waals surface area contributed by atoms with E-state index in [-0.39, 0.29) is 6.10 Å². The molecular formula is C15H23BrO. The van der Waals surface area contributed by atoms with Gasteiger partial charge in [0.1, 0.15) is 5.75 Å². The van der Waals surface area contributed by atoms with Crippen LogP contribution in [0.3, 0.4) is 0 Å².